The molecule has 0 aromatic rings. The Balaban J connectivity index is 2.30. The Bertz CT molecular complexity index is 129. The van der Waals surface area contributed by atoms with E-state index in [0.717, 1.165) is 26.0 Å². The Morgan fingerprint density at radius 3 is 2.64 bits per heavy atom. The van der Waals surface area contributed by atoms with Crippen LogP contribution in [0.4, 0.5) is 0 Å². The lowest BCUT2D eigenvalue weighted by molar-refractivity contribution is 0.118. The highest BCUT2D eigenvalue weighted by atomic mass is 16.5. The highest BCUT2D eigenvalue weighted by molar-refractivity contribution is 6.09. The molecule has 1 saturated carbocycles. The topological polar surface area (TPSA) is 18.5 Å². The minimum Gasteiger partial charge on any atom is -0.384 e. The van der Waals surface area contributed by atoms with Crippen molar-refractivity contribution in [1.82, 2.24) is 0 Å². The van der Waals surface area contributed by atoms with E-state index < -0.39 is 0 Å². The maximum Gasteiger partial charge on any atom is 0.0661 e. The minimum absolute atomic E-state index is 0.241. The lowest BCUT2D eigenvalue weighted by atomic mass is 9.87. The predicted molar refractivity (Wildman–Crippen MR) is 44.9 cm³/mol. The van der Waals surface area contributed by atoms with Crippen molar-refractivity contribution in [3.8, 4) is 0 Å². The molecule has 62 valence electrons. The second-order valence-corrected chi connectivity index (χ2v) is 3.36. The van der Waals surface area contributed by atoms with Crippen molar-refractivity contribution in [2.75, 3.05) is 27.4 Å². The molecular formula is C8H15BO2. The molecule has 2 nitrogen and oxygen atoms in total. The van der Waals surface area contributed by atoms with E-state index in [4.69, 9.17) is 17.3 Å². The molecule has 2 unspecified atom stereocenters. The molecule has 1 rings (SSSR count). The largest absolute Gasteiger partial charge is 0.384 e. The van der Waals surface area contributed by atoms with E-state index in [1.807, 2.05) is 0 Å². The van der Waals surface area contributed by atoms with Crippen molar-refractivity contribution < 1.29 is 9.47 Å². The summed E-state index contributed by atoms with van der Waals surface area (Å²) in [5, 5.41) is 0. The quantitative estimate of drug-likeness (QED) is 0.547. The standard InChI is InChI=1S/C8H15BO2/c1-10-4-7-3-8(7,5-9)6-11-2/h7H,3-6H2,1-2H3. The first kappa shape index (κ1) is 9.08. The summed E-state index contributed by atoms with van der Waals surface area (Å²) in [5.41, 5.74) is 0.241. The van der Waals surface area contributed by atoms with Gasteiger partial charge >= 0.3 is 0 Å². The van der Waals surface area contributed by atoms with Gasteiger partial charge in [0, 0.05) is 20.8 Å². The van der Waals surface area contributed by atoms with Crippen LogP contribution in [0.5, 0.6) is 0 Å². The highest BCUT2D eigenvalue weighted by Gasteiger charge is 2.51. The number of ether oxygens (including phenoxy) is 2. The summed E-state index contributed by atoms with van der Waals surface area (Å²) >= 11 is 0. The first-order valence-corrected chi connectivity index (χ1v) is 3.97. The summed E-state index contributed by atoms with van der Waals surface area (Å²) in [6, 6.07) is 0. The molecule has 3 heteroatoms. The van der Waals surface area contributed by atoms with E-state index in [2.05, 4.69) is 0 Å². The summed E-state index contributed by atoms with van der Waals surface area (Å²) in [4.78, 5) is 0. The average molecular weight is 154 g/mol. The summed E-state index contributed by atoms with van der Waals surface area (Å²) in [5.74, 6) is 0.623. The van der Waals surface area contributed by atoms with Crippen LogP contribution in [-0.2, 0) is 9.47 Å². The Hall–Kier alpha value is -0.0151. The van der Waals surface area contributed by atoms with Crippen molar-refractivity contribution in [2.24, 2.45) is 11.3 Å². The fourth-order valence-corrected chi connectivity index (χ4v) is 1.64. The van der Waals surface area contributed by atoms with Crippen LogP contribution in [0.1, 0.15) is 6.42 Å². The maximum absolute atomic E-state index is 5.64. The van der Waals surface area contributed by atoms with Gasteiger partial charge in [0.05, 0.1) is 14.5 Å². The van der Waals surface area contributed by atoms with Gasteiger partial charge < -0.3 is 9.47 Å². The van der Waals surface area contributed by atoms with Crippen molar-refractivity contribution in [3.05, 3.63) is 0 Å². The summed E-state index contributed by atoms with van der Waals surface area (Å²) in [6.07, 6.45) is 1.88. The molecule has 0 bridgehead atoms. The van der Waals surface area contributed by atoms with E-state index >= 15 is 0 Å². The molecule has 2 radical (unpaired) electrons. The van der Waals surface area contributed by atoms with Gasteiger partial charge in [-0.3, -0.25) is 0 Å². The minimum atomic E-state index is 0.241. The van der Waals surface area contributed by atoms with Crippen molar-refractivity contribution >= 4 is 7.85 Å². The van der Waals surface area contributed by atoms with Gasteiger partial charge in [0.25, 0.3) is 0 Å². The van der Waals surface area contributed by atoms with Crippen molar-refractivity contribution in [2.45, 2.75) is 12.7 Å². The van der Waals surface area contributed by atoms with E-state index in [-0.39, 0.29) is 5.41 Å². The Kier molecular flexibility index (Phi) is 2.96. The fraction of sp³-hybridized carbons (Fsp3) is 1.00. The third kappa shape index (κ3) is 1.77. The van der Waals surface area contributed by atoms with Gasteiger partial charge in [0.15, 0.2) is 0 Å². The molecule has 0 aromatic heterocycles. The van der Waals surface area contributed by atoms with E-state index in [9.17, 15) is 0 Å². The van der Waals surface area contributed by atoms with Crippen LogP contribution in [0.3, 0.4) is 0 Å². The SMILES string of the molecule is [B]CC1(COC)CC1COC. The van der Waals surface area contributed by atoms with Crippen LogP contribution >= 0.6 is 0 Å². The third-order valence-electron chi connectivity index (χ3n) is 2.56. The normalized spacial score (nSPS) is 35.6. The molecule has 0 saturated heterocycles. The first-order valence-electron chi connectivity index (χ1n) is 3.97. The van der Waals surface area contributed by atoms with E-state index in [1.165, 1.54) is 0 Å². The lowest BCUT2D eigenvalue weighted by Crippen LogP contribution is -2.13. The maximum atomic E-state index is 5.64. The molecule has 1 aliphatic rings. The van der Waals surface area contributed by atoms with Crippen LogP contribution in [0.15, 0.2) is 0 Å². The first-order chi connectivity index (χ1) is 5.29. The molecule has 0 aromatic carbocycles. The van der Waals surface area contributed by atoms with E-state index in [1.54, 1.807) is 14.2 Å². The Morgan fingerprint density at radius 2 is 2.18 bits per heavy atom. The lowest BCUT2D eigenvalue weighted by Gasteiger charge is -2.13. The van der Waals surface area contributed by atoms with Gasteiger partial charge in [0.2, 0.25) is 0 Å². The van der Waals surface area contributed by atoms with Crippen LogP contribution in [-0.4, -0.2) is 35.3 Å². The van der Waals surface area contributed by atoms with Gasteiger partial charge in [-0.05, 0) is 17.8 Å². The summed E-state index contributed by atoms with van der Waals surface area (Å²) in [7, 11) is 9.09. The molecule has 0 N–H and O–H groups in total. The van der Waals surface area contributed by atoms with Gasteiger partial charge in [-0.2, -0.15) is 0 Å². The average Bonchev–Trinajstić information content (AvgIpc) is 2.66. The monoisotopic (exact) mass is 154 g/mol. The second-order valence-electron chi connectivity index (χ2n) is 3.36. The fourth-order valence-electron chi connectivity index (χ4n) is 1.64. The van der Waals surface area contributed by atoms with Gasteiger partial charge in [-0.15, -0.1) is 0 Å². The van der Waals surface area contributed by atoms with Gasteiger partial charge in [0.1, 0.15) is 0 Å². The Morgan fingerprint density at radius 1 is 1.45 bits per heavy atom. The number of hydrogen-bond acceptors (Lipinski definition) is 2. The van der Waals surface area contributed by atoms with Gasteiger partial charge in [-0.25, -0.2) is 0 Å². The zero-order valence-corrected chi connectivity index (χ0v) is 7.30. The van der Waals surface area contributed by atoms with Crippen LogP contribution in [0.25, 0.3) is 0 Å². The van der Waals surface area contributed by atoms with Crippen molar-refractivity contribution in [3.63, 3.8) is 0 Å². The molecule has 0 spiro atoms. The summed E-state index contributed by atoms with van der Waals surface area (Å²) < 4.78 is 10.2. The molecular weight excluding hydrogens is 139 g/mol. The van der Waals surface area contributed by atoms with Crippen LogP contribution < -0.4 is 0 Å². The summed E-state index contributed by atoms with van der Waals surface area (Å²) in [6.45, 7) is 1.60. The molecule has 11 heavy (non-hydrogen) atoms. The van der Waals surface area contributed by atoms with Gasteiger partial charge in [-0.1, -0.05) is 6.32 Å². The zero-order chi connectivity index (χ0) is 8.32. The van der Waals surface area contributed by atoms with Crippen LogP contribution in [0, 0.1) is 11.3 Å². The van der Waals surface area contributed by atoms with E-state index in [0.29, 0.717) is 5.92 Å². The molecule has 0 heterocycles. The zero-order valence-electron chi connectivity index (χ0n) is 7.30. The molecule has 1 aliphatic carbocycles. The number of rotatable bonds is 5. The van der Waals surface area contributed by atoms with Crippen molar-refractivity contribution in [1.29, 1.82) is 0 Å². The second kappa shape index (κ2) is 3.59. The van der Waals surface area contributed by atoms with Crippen LogP contribution in [0.2, 0.25) is 6.32 Å². The predicted octanol–water partition coefficient (Wildman–Crippen LogP) is 0.872. The third-order valence-corrected chi connectivity index (χ3v) is 2.56. The smallest absolute Gasteiger partial charge is 0.0661 e. The molecule has 1 fully saturated rings. The number of hydrogen-bond donors (Lipinski definition) is 0. The molecule has 0 aliphatic heterocycles. The Labute approximate surface area is 69.7 Å². The number of methoxy groups -OCH3 is 2. The highest BCUT2D eigenvalue weighted by Crippen LogP contribution is 2.55. The molecule has 0 amide bonds. The molecule has 2 atom stereocenters.